The first-order valence-corrected chi connectivity index (χ1v) is 10.0. The molecule has 1 aliphatic heterocycles. The van der Waals surface area contributed by atoms with Crippen LogP contribution in [0.15, 0.2) is 35.2 Å². The molecule has 0 radical (unpaired) electrons. The van der Waals surface area contributed by atoms with E-state index in [-0.39, 0.29) is 11.4 Å². The molecule has 0 saturated carbocycles. The molecule has 140 valence electrons. The Hall–Kier alpha value is -2.26. The van der Waals surface area contributed by atoms with Crippen molar-refractivity contribution in [3.05, 3.63) is 42.0 Å². The van der Waals surface area contributed by atoms with Gasteiger partial charge in [0.15, 0.2) is 0 Å². The number of halogens is 1. The van der Waals surface area contributed by atoms with E-state index in [1.165, 1.54) is 18.2 Å². The minimum atomic E-state index is -3.74. The zero-order valence-electron chi connectivity index (χ0n) is 14.6. The van der Waals surface area contributed by atoms with Gasteiger partial charge in [-0.25, -0.2) is 27.5 Å². The highest BCUT2D eigenvalue weighted by Gasteiger charge is 2.16. The lowest BCUT2D eigenvalue weighted by atomic mass is 10.4. The highest BCUT2D eigenvalue weighted by molar-refractivity contribution is 7.89. The molecule has 0 aliphatic carbocycles. The summed E-state index contributed by atoms with van der Waals surface area (Å²) in [7, 11) is -3.74. The van der Waals surface area contributed by atoms with Crippen molar-refractivity contribution in [2.24, 2.45) is 0 Å². The maximum absolute atomic E-state index is 13.2. The third-order valence-electron chi connectivity index (χ3n) is 4.08. The fraction of sp³-hybridized carbons (Fsp3) is 0.412. The Kier molecular flexibility index (Phi) is 5.67. The molecular weight excluding hydrogens is 357 g/mol. The van der Waals surface area contributed by atoms with Crippen LogP contribution in [0.2, 0.25) is 0 Å². The first-order chi connectivity index (χ1) is 12.4. The van der Waals surface area contributed by atoms with Crippen molar-refractivity contribution in [1.29, 1.82) is 0 Å². The van der Waals surface area contributed by atoms with Gasteiger partial charge in [-0.3, -0.25) is 0 Å². The topological polar surface area (TPSA) is 87.2 Å². The second-order valence-corrected chi connectivity index (χ2v) is 7.90. The number of rotatable bonds is 7. The molecule has 0 unspecified atom stereocenters. The summed E-state index contributed by atoms with van der Waals surface area (Å²) in [5.74, 6) is 1.62. The number of nitrogens with one attached hydrogen (secondary N) is 2. The molecule has 9 heteroatoms. The second kappa shape index (κ2) is 7.96. The molecule has 26 heavy (non-hydrogen) atoms. The fourth-order valence-electron chi connectivity index (χ4n) is 2.84. The van der Waals surface area contributed by atoms with Crippen molar-refractivity contribution in [3.8, 4) is 0 Å². The number of aromatic nitrogens is 2. The van der Waals surface area contributed by atoms with Crippen LogP contribution >= 0.6 is 0 Å². The van der Waals surface area contributed by atoms with E-state index in [9.17, 15) is 12.8 Å². The number of anilines is 2. The summed E-state index contributed by atoms with van der Waals surface area (Å²) in [6.07, 6.45) is 2.32. The van der Waals surface area contributed by atoms with Gasteiger partial charge in [-0.05, 0) is 38.0 Å². The molecule has 1 saturated heterocycles. The van der Waals surface area contributed by atoms with Crippen molar-refractivity contribution in [2.75, 3.05) is 36.4 Å². The zero-order chi connectivity index (χ0) is 18.6. The molecule has 2 aromatic rings. The average molecular weight is 379 g/mol. The molecule has 0 amide bonds. The van der Waals surface area contributed by atoms with Gasteiger partial charge in [-0.2, -0.15) is 0 Å². The summed E-state index contributed by atoms with van der Waals surface area (Å²) >= 11 is 0. The second-order valence-electron chi connectivity index (χ2n) is 6.13. The van der Waals surface area contributed by atoms with E-state index >= 15 is 0 Å². The Morgan fingerprint density at radius 1 is 1.15 bits per heavy atom. The Balaban J connectivity index is 1.56. The Labute approximate surface area is 152 Å². The van der Waals surface area contributed by atoms with E-state index in [2.05, 4.69) is 24.9 Å². The van der Waals surface area contributed by atoms with Crippen LogP contribution in [0.1, 0.15) is 18.7 Å². The minimum Gasteiger partial charge on any atom is -0.369 e. The van der Waals surface area contributed by atoms with Crippen LogP contribution in [0.3, 0.4) is 0 Å². The van der Waals surface area contributed by atoms with E-state index in [4.69, 9.17) is 0 Å². The molecule has 1 aromatic carbocycles. The van der Waals surface area contributed by atoms with E-state index in [1.807, 2.05) is 13.0 Å². The molecule has 0 bridgehead atoms. The summed E-state index contributed by atoms with van der Waals surface area (Å²) in [4.78, 5) is 10.9. The van der Waals surface area contributed by atoms with Crippen LogP contribution in [-0.2, 0) is 10.0 Å². The van der Waals surface area contributed by atoms with Crippen LogP contribution in [-0.4, -0.2) is 44.6 Å². The highest BCUT2D eigenvalue weighted by Crippen LogP contribution is 2.20. The third kappa shape index (κ3) is 4.67. The Bertz CT molecular complexity index is 869. The van der Waals surface area contributed by atoms with Gasteiger partial charge in [0.1, 0.15) is 23.3 Å². The van der Waals surface area contributed by atoms with Gasteiger partial charge < -0.3 is 10.2 Å². The average Bonchev–Trinajstić information content (AvgIpc) is 3.13. The molecule has 1 aliphatic rings. The predicted molar refractivity (Wildman–Crippen MR) is 98.3 cm³/mol. The van der Waals surface area contributed by atoms with Crippen molar-refractivity contribution >= 4 is 21.7 Å². The van der Waals surface area contributed by atoms with Crippen molar-refractivity contribution in [2.45, 2.75) is 24.7 Å². The smallest absolute Gasteiger partial charge is 0.240 e. The third-order valence-corrected chi connectivity index (χ3v) is 5.54. The number of sulfonamides is 1. The lowest BCUT2D eigenvalue weighted by Gasteiger charge is -2.17. The normalized spacial score (nSPS) is 14.6. The number of hydrogen-bond acceptors (Lipinski definition) is 6. The van der Waals surface area contributed by atoms with Crippen LogP contribution in [0.25, 0.3) is 0 Å². The quantitative estimate of drug-likeness (QED) is 0.715. The molecule has 1 fully saturated rings. The molecule has 0 spiro atoms. The summed E-state index contributed by atoms with van der Waals surface area (Å²) < 4.78 is 39.9. The van der Waals surface area contributed by atoms with E-state index in [0.717, 1.165) is 37.8 Å². The first-order valence-electron chi connectivity index (χ1n) is 8.54. The molecule has 1 aromatic heterocycles. The van der Waals surface area contributed by atoms with E-state index in [1.54, 1.807) is 0 Å². The fourth-order valence-corrected chi connectivity index (χ4v) is 3.91. The highest BCUT2D eigenvalue weighted by atomic mass is 32.2. The summed E-state index contributed by atoms with van der Waals surface area (Å²) in [6.45, 7) is 4.31. The van der Waals surface area contributed by atoms with Gasteiger partial charge >= 0.3 is 0 Å². The van der Waals surface area contributed by atoms with E-state index in [0.29, 0.717) is 18.2 Å². The standard InChI is InChI=1S/C17H22FN5O2S/c1-13-21-16(12-17(22-13)23-9-2-3-10-23)19-7-8-20-26(24,25)15-6-4-5-14(18)11-15/h4-6,11-12,20H,2-3,7-10H2,1H3,(H,19,21,22). The zero-order valence-corrected chi connectivity index (χ0v) is 15.4. The van der Waals surface area contributed by atoms with Crippen molar-refractivity contribution < 1.29 is 12.8 Å². The maximum atomic E-state index is 13.2. The monoisotopic (exact) mass is 379 g/mol. The molecule has 0 atom stereocenters. The number of benzene rings is 1. The van der Waals surface area contributed by atoms with E-state index < -0.39 is 15.8 Å². The van der Waals surface area contributed by atoms with Crippen molar-refractivity contribution in [1.82, 2.24) is 14.7 Å². The first kappa shape index (κ1) is 18.5. The number of aryl methyl sites for hydroxylation is 1. The SMILES string of the molecule is Cc1nc(NCCNS(=O)(=O)c2cccc(F)c2)cc(N2CCCC2)n1. The van der Waals surface area contributed by atoms with Crippen molar-refractivity contribution in [3.63, 3.8) is 0 Å². The largest absolute Gasteiger partial charge is 0.369 e. The van der Waals surface area contributed by atoms with Gasteiger partial charge in [0, 0.05) is 32.2 Å². The van der Waals surface area contributed by atoms with Gasteiger partial charge in [0.2, 0.25) is 10.0 Å². The van der Waals surface area contributed by atoms with Crippen LogP contribution in [0, 0.1) is 12.7 Å². The minimum absolute atomic E-state index is 0.0910. The summed E-state index contributed by atoms with van der Waals surface area (Å²) in [6, 6.07) is 6.79. The molecule has 2 N–H and O–H groups in total. The van der Waals surface area contributed by atoms with Gasteiger partial charge in [0.25, 0.3) is 0 Å². The lowest BCUT2D eigenvalue weighted by molar-refractivity contribution is 0.579. The molecule has 3 rings (SSSR count). The van der Waals surface area contributed by atoms with Gasteiger partial charge in [0.05, 0.1) is 4.90 Å². The molecular formula is C17H22FN5O2S. The summed E-state index contributed by atoms with van der Waals surface area (Å²) in [5, 5.41) is 3.11. The van der Waals surface area contributed by atoms with Gasteiger partial charge in [-0.1, -0.05) is 6.07 Å². The maximum Gasteiger partial charge on any atom is 0.240 e. The number of nitrogens with zero attached hydrogens (tertiary/aromatic N) is 3. The van der Waals surface area contributed by atoms with Crippen LogP contribution in [0.5, 0.6) is 0 Å². The summed E-state index contributed by atoms with van der Waals surface area (Å²) in [5.41, 5.74) is 0. The van der Waals surface area contributed by atoms with Crippen LogP contribution < -0.4 is 14.9 Å². The molecule has 2 heterocycles. The Morgan fingerprint density at radius 3 is 2.65 bits per heavy atom. The predicted octanol–water partition coefficient (Wildman–Crippen LogP) is 1.91. The molecule has 7 nitrogen and oxygen atoms in total. The van der Waals surface area contributed by atoms with Crippen LogP contribution in [0.4, 0.5) is 16.0 Å². The Morgan fingerprint density at radius 2 is 1.92 bits per heavy atom. The van der Waals surface area contributed by atoms with Gasteiger partial charge in [-0.15, -0.1) is 0 Å². The lowest BCUT2D eigenvalue weighted by Crippen LogP contribution is -2.29. The number of hydrogen-bond donors (Lipinski definition) is 2.